The van der Waals surface area contributed by atoms with Crippen LogP contribution >= 0.6 is 0 Å². The van der Waals surface area contributed by atoms with Gasteiger partial charge < -0.3 is 9.47 Å². The predicted octanol–water partition coefficient (Wildman–Crippen LogP) is 2.51. The van der Waals surface area contributed by atoms with Gasteiger partial charge >= 0.3 is 0 Å². The topological polar surface area (TPSA) is 63.3 Å². The summed E-state index contributed by atoms with van der Waals surface area (Å²) in [6, 6.07) is 8.19. The average molecular weight is 316 g/mol. The molecule has 2 heterocycles. The van der Waals surface area contributed by atoms with Crippen molar-refractivity contribution in [1.82, 2.24) is 20.1 Å². The van der Waals surface area contributed by atoms with Crippen molar-refractivity contribution in [3.63, 3.8) is 0 Å². The standard InChI is InChI=1S/C17H24N4O2/c1-12(2)16-18-17(20-19-16)15-11-21(7-8-23-15)10-13-5-4-6-14(9-13)22-3/h4-6,9,12,15H,7-8,10-11H2,1-3H3,(H,18,19,20)/t15-/m1/s1. The minimum atomic E-state index is -0.0469. The minimum Gasteiger partial charge on any atom is -0.497 e. The van der Waals surface area contributed by atoms with Crippen LogP contribution in [0.3, 0.4) is 0 Å². The Balaban J connectivity index is 1.65. The van der Waals surface area contributed by atoms with E-state index in [0.717, 1.165) is 37.0 Å². The molecule has 0 radical (unpaired) electrons. The van der Waals surface area contributed by atoms with Crippen molar-refractivity contribution in [3.8, 4) is 5.75 Å². The number of H-pyrrole nitrogens is 1. The molecule has 1 N–H and O–H groups in total. The molecule has 23 heavy (non-hydrogen) atoms. The third-order valence-corrected chi connectivity index (χ3v) is 4.03. The molecule has 0 aliphatic carbocycles. The summed E-state index contributed by atoms with van der Waals surface area (Å²) in [6.07, 6.45) is -0.0469. The van der Waals surface area contributed by atoms with Gasteiger partial charge in [0.1, 0.15) is 11.9 Å². The second-order valence-corrected chi connectivity index (χ2v) is 6.18. The SMILES string of the molecule is COc1cccc(CN2CCO[C@@H](c3nc(C(C)C)n[nH]3)C2)c1. The molecular weight excluding hydrogens is 292 g/mol. The smallest absolute Gasteiger partial charge is 0.155 e. The first kappa shape index (κ1) is 16.0. The Morgan fingerprint density at radius 2 is 2.30 bits per heavy atom. The zero-order valence-corrected chi connectivity index (χ0v) is 14.0. The monoisotopic (exact) mass is 316 g/mol. The highest BCUT2D eigenvalue weighted by molar-refractivity contribution is 5.28. The van der Waals surface area contributed by atoms with Crippen LogP contribution in [0, 0.1) is 0 Å². The summed E-state index contributed by atoms with van der Waals surface area (Å²) in [5, 5.41) is 7.30. The quantitative estimate of drug-likeness (QED) is 0.918. The number of aromatic nitrogens is 3. The largest absolute Gasteiger partial charge is 0.497 e. The molecule has 1 aromatic carbocycles. The van der Waals surface area contributed by atoms with E-state index in [9.17, 15) is 0 Å². The Morgan fingerprint density at radius 3 is 3.04 bits per heavy atom. The molecule has 6 heteroatoms. The Hall–Kier alpha value is -1.92. The molecule has 6 nitrogen and oxygen atoms in total. The van der Waals surface area contributed by atoms with E-state index in [2.05, 4.69) is 46.1 Å². The van der Waals surface area contributed by atoms with Crippen LogP contribution in [0.4, 0.5) is 0 Å². The minimum absolute atomic E-state index is 0.0469. The molecule has 1 atom stereocenters. The molecule has 0 bridgehead atoms. The average Bonchev–Trinajstić information content (AvgIpc) is 3.06. The van der Waals surface area contributed by atoms with Gasteiger partial charge in [-0.05, 0) is 17.7 Å². The lowest BCUT2D eigenvalue weighted by molar-refractivity contribution is -0.0371. The third-order valence-electron chi connectivity index (χ3n) is 4.03. The first-order chi connectivity index (χ1) is 11.2. The molecule has 0 spiro atoms. The van der Waals surface area contributed by atoms with Crippen molar-refractivity contribution in [1.29, 1.82) is 0 Å². The highest BCUT2D eigenvalue weighted by Crippen LogP contribution is 2.22. The van der Waals surface area contributed by atoms with Gasteiger partial charge in [-0.3, -0.25) is 10.00 Å². The van der Waals surface area contributed by atoms with Gasteiger partial charge in [-0.2, -0.15) is 5.10 Å². The number of aromatic amines is 1. The summed E-state index contributed by atoms with van der Waals surface area (Å²) in [6.45, 7) is 7.48. The van der Waals surface area contributed by atoms with Gasteiger partial charge in [0.25, 0.3) is 0 Å². The Morgan fingerprint density at radius 1 is 1.43 bits per heavy atom. The van der Waals surface area contributed by atoms with Crippen molar-refractivity contribution in [3.05, 3.63) is 41.5 Å². The molecule has 124 valence electrons. The number of benzene rings is 1. The molecule has 0 amide bonds. The van der Waals surface area contributed by atoms with E-state index in [1.165, 1.54) is 5.56 Å². The lowest BCUT2D eigenvalue weighted by Crippen LogP contribution is -2.38. The Labute approximate surface area is 136 Å². The fourth-order valence-electron chi connectivity index (χ4n) is 2.73. The molecule has 1 aliphatic heterocycles. The van der Waals surface area contributed by atoms with Crippen LogP contribution in [-0.2, 0) is 11.3 Å². The second kappa shape index (κ2) is 7.10. The summed E-state index contributed by atoms with van der Waals surface area (Å²) in [4.78, 5) is 6.94. The molecule has 2 aromatic rings. The summed E-state index contributed by atoms with van der Waals surface area (Å²) >= 11 is 0. The van der Waals surface area contributed by atoms with Crippen LogP contribution in [0.2, 0.25) is 0 Å². The first-order valence-corrected chi connectivity index (χ1v) is 8.05. The molecule has 1 aromatic heterocycles. The number of hydrogen-bond acceptors (Lipinski definition) is 5. The van der Waals surface area contributed by atoms with E-state index in [1.54, 1.807) is 7.11 Å². The zero-order chi connectivity index (χ0) is 16.2. The van der Waals surface area contributed by atoms with Crippen LogP contribution in [-0.4, -0.2) is 46.9 Å². The molecule has 1 aliphatic rings. The molecular formula is C17H24N4O2. The fraction of sp³-hybridized carbons (Fsp3) is 0.529. The zero-order valence-electron chi connectivity index (χ0n) is 14.0. The Kier molecular flexibility index (Phi) is 4.93. The maximum atomic E-state index is 5.87. The number of hydrogen-bond donors (Lipinski definition) is 1. The van der Waals surface area contributed by atoms with Crippen LogP contribution in [0.1, 0.15) is 43.1 Å². The molecule has 1 saturated heterocycles. The normalized spacial score (nSPS) is 19.2. The number of ether oxygens (including phenoxy) is 2. The van der Waals surface area contributed by atoms with Crippen LogP contribution in [0.15, 0.2) is 24.3 Å². The van der Waals surface area contributed by atoms with E-state index in [0.29, 0.717) is 12.5 Å². The molecule has 0 unspecified atom stereocenters. The van der Waals surface area contributed by atoms with E-state index in [1.807, 2.05) is 12.1 Å². The Bertz CT molecular complexity index is 641. The van der Waals surface area contributed by atoms with Crippen LogP contribution < -0.4 is 4.74 Å². The number of nitrogens with one attached hydrogen (secondary N) is 1. The van der Waals surface area contributed by atoms with Crippen molar-refractivity contribution in [2.24, 2.45) is 0 Å². The van der Waals surface area contributed by atoms with Crippen LogP contribution in [0.5, 0.6) is 5.75 Å². The van der Waals surface area contributed by atoms with Gasteiger partial charge in [0.2, 0.25) is 0 Å². The lowest BCUT2D eigenvalue weighted by atomic mass is 10.1. The predicted molar refractivity (Wildman–Crippen MR) is 87.4 cm³/mol. The number of nitrogens with zero attached hydrogens (tertiary/aromatic N) is 3. The molecule has 1 fully saturated rings. The van der Waals surface area contributed by atoms with E-state index < -0.39 is 0 Å². The van der Waals surface area contributed by atoms with Crippen LogP contribution in [0.25, 0.3) is 0 Å². The number of morpholine rings is 1. The summed E-state index contributed by atoms with van der Waals surface area (Å²) < 4.78 is 11.2. The second-order valence-electron chi connectivity index (χ2n) is 6.18. The van der Waals surface area contributed by atoms with Crippen molar-refractivity contribution in [2.75, 3.05) is 26.8 Å². The summed E-state index contributed by atoms with van der Waals surface area (Å²) in [5.74, 6) is 2.87. The van der Waals surface area contributed by atoms with Gasteiger partial charge in [-0.15, -0.1) is 0 Å². The van der Waals surface area contributed by atoms with Crippen molar-refractivity contribution in [2.45, 2.75) is 32.4 Å². The van der Waals surface area contributed by atoms with Crippen molar-refractivity contribution >= 4 is 0 Å². The maximum absolute atomic E-state index is 5.87. The van der Waals surface area contributed by atoms with Gasteiger partial charge in [-0.25, -0.2) is 4.98 Å². The van der Waals surface area contributed by atoms with Gasteiger partial charge in [0, 0.05) is 25.6 Å². The summed E-state index contributed by atoms with van der Waals surface area (Å²) in [7, 11) is 1.69. The molecule has 3 rings (SSSR count). The van der Waals surface area contributed by atoms with Gasteiger partial charge in [0.15, 0.2) is 11.6 Å². The first-order valence-electron chi connectivity index (χ1n) is 8.05. The summed E-state index contributed by atoms with van der Waals surface area (Å²) in [5.41, 5.74) is 1.24. The fourth-order valence-corrected chi connectivity index (χ4v) is 2.73. The molecule has 0 saturated carbocycles. The van der Waals surface area contributed by atoms with E-state index >= 15 is 0 Å². The maximum Gasteiger partial charge on any atom is 0.155 e. The van der Waals surface area contributed by atoms with Crippen molar-refractivity contribution < 1.29 is 9.47 Å². The van der Waals surface area contributed by atoms with E-state index in [4.69, 9.17) is 9.47 Å². The lowest BCUT2D eigenvalue weighted by Gasteiger charge is -2.31. The van der Waals surface area contributed by atoms with Gasteiger partial charge in [-0.1, -0.05) is 26.0 Å². The van der Waals surface area contributed by atoms with Gasteiger partial charge in [0.05, 0.1) is 13.7 Å². The highest BCUT2D eigenvalue weighted by atomic mass is 16.5. The number of methoxy groups -OCH3 is 1. The van der Waals surface area contributed by atoms with E-state index in [-0.39, 0.29) is 6.10 Å². The number of rotatable bonds is 5. The third kappa shape index (κ3) is 3.89. The highest BCUT2D eigenvalue weighted by Gasteiger charge is 2.25.